The molecule has 6 rings (SSSR count). The number of piperidine rings is 1. The van der Waals surface area contributed by atoms with Gasteiger partial charge in [-0.25, -0.2) is 9.48 Å². The number of imide groups is 1. The lowest BCUT2D eigenvalue weighted by Gasteiger charge is -2.41. The minimum Gasteiger partial charge on any atom is -0.480 e. The van der Waals surface area contributed by atoms with Crippen molar-refractivity contribution in [3.63, 3.8) is 0 Å². The van der Waals surface area contributed by atoms with Gasteiger partial charge in [0.2, 0.25) is 29.5 Å². The molecule has 22 heteroatoms. The lowest BCUT2D eigenvalue weighted by molar-refractivity contribution is -0.149. The molecule has 1 aromatic carbocycles. The van der Waals surface area contributed by atoms with Crippen LogP contribution in [0, 0.1) is 29.6 Å². The number of carbonyl (C=O) groups is 8. The first-order valence-electron chi connectivity index (χ1n) is 27.2. The van der Waals surface area contributed by atoms with Gasteiger partial charge in [-0.15, -0.1) is 5.10 Å². The van der Waals surface area contributed by atoms with Crippen LogP contribution in [0.1, 0.15) is 97.7 Å². The van der Waals surface area contributed by atoms with Crippen LogP contribution in [-0.2, 0) is 76.8 Å². The number of carboxylic acids is 1. The summed E-state index contributed by atoms with van der Waals surface area (Å²) >= 11 is 0. The van der Waals surface area contributed by atoms with Crippen molar-refractivity contribution in [1.82, 2.24) is 45.2 Å². The van der Waals surface area contributed by atoms with Gasteiger partial charge in [-0.1, -0.05) is 83.5 Å². The quantitative estimate of drug-likeness (QED) is 0.0751. The summed E-state index contributed by atoms with van der Waals surface area (Å²) in [6, 6.07) is 4.98. The fourth-order valence-corrected chi connectivity index (χ4v) is 11.8. The van der Waals surface area contributed by atoms with E-state index in [1.54, 1.807) is 63.8 Å². The molecule has 4 aliphatic rings. The van der Waals surface area contributed by atoms with Gasteiger partial charge >= 0.3 is 5.97 Å². The number of likely N-dealkylation sites (tertiary alicyclic amines) is 2. The van der Waals surface area contributed by atoms with Crippen molar-refractivity contribution < 1.29 is 62.4 Å². The molecule has 3 N–H and O–H groups in total. The number of nitrogens with zero attached hydrogens (tertiary/aromatic N) is 7. The molecule has 1 saturated carbocycles. The molecule has 0 spiro atoms. The molecule has 22 nitrogen and oxygen atoms in total. The highest BCUT2D eigenvalue weighted by molar-refractivity contribution is 6.12. The van der Waals surface area contributed by atoms with E-state index in [9.17, 15) is 43.5 Å². The van der Waals surface area contributed by atoms with Crippen LogP contribution >= 0.6 is 0 Å². The van der Waals surface area contributed by atoms with Crippen LogP contribution in [0.4, 0.5) is 0 Å². The summed E-state index contributed by atoms with van der Waals surface area (Å²) in [5.41, 5.74) is 1.23. The highest BCUT2D eigenvalue weighted by atomic mass is 16.5. The van der Waals surface area contributed by atoms with Crippen molar-refractivity contribution in [3.8, 4) is 0 Å². The molecule has 424 valence electrons. The largest absolute Gasteiger partial charge is 0.480 e. The summed E-state index contributed by atoms with van der Waals surface area (Å²) in [4.78, 5) is 113. The van der Waals surface area contributed by atoms with E-state index >= 15 is 0 Å². The van der Waals surface area contributed by atoms with Crippen LogP contribution in [0.2, 0.25) is 0 Å². The molecule has 0 unspecified atom stereocenters. The van der Waals surface area contributed by atoms with Crippen molar-refractivity contribution in [2.24, 2.45) is 29.6 Å². The maximum absolute atomic E-state index is 14.8. The van der Waals surface area contributed by atoms with Crippen LogP contribution < -0.4 is 10.6 Å². The number of aromatic nitrogens is 3. The molecule has 1 aliphatic carbocycles. The number of rotatable bonds is 30. The summed E-state index contributed by atoms with van der Waals surface area (Å²) in [7, 11) is 4.67. The van der Waals surface area contributed by atoms with Gasteiger partial charge < -0.3 is 49.4 Å². The number of hydrogen-bond acceptors (Lipinski definition) is 14. The van der Waals surface area contributed by atoms with Crippen LogP contribution in [0.15, 0.2) is 48.7 Å². The highest BCUT2D eigenvalue weighted by Gasteiger charge is 2.56. The summed E-state index contributed by atoms with van der Waals surface area (Å²) in [6.07, 6.45) is 6.10. The van der Waals surface area contributed by atoms with Crippen LogP contribution in [0.5, 0.6) is 0 Å². The number of carbonyl (C=O) groups excluding carboxylic acids is 7. The third-order valence-electron chi connectivity index (χ3n) is 16.2. The number of nitrogens with one attached hydrogen (secondary N) is 2. The zero-order valence-corrected chi connectivity index (χ0v) is 46.2. The average molecular weight is 1080 g/mol. The Morgan fingerprint density at radius 3 is 2.21 bits per heavy atom. The SMILES string of the molecule is CC[C@H](C)[C@@H]([C@@H](CC(=O)N1CCC[C@H]1[C@H](OC)[C@@H](C)C(=O)N[C@@H](Cc1ccccc1)C(=O)O)OC)N(C)C(=O)[C@@H](NC(=O)[C@@H]1[C@H]2CC[C@@H]([C@H]2C)N1C(=O)CCOCCOCCn1cc(CN2C(=O)C=CC2=O)nn1)C(C)C. The molecule has 2 saturated heterocycles. The number of methoxy groups -OCH3 is 2. The first kappa shape index (κ1) is 60.1. The third kappa shape index (κ3) is 14.7. The van der Waals surface area contributed by atoms with Gasteiger partial charge in [0.15, 0.2) is 0 Å². The fourth-order valence-electron chi connectivity index (χ4n) is 11.8. The summed E-state index contributed by atoms with van der Waals surface area (Å²) in [5.74, 6) is -4.89. The zero-order valence-electron chi connectivity index (χ0n) is 46.2. The van der Waals surface area contributed by atoms with Gasteiger partial charge in [0.05, 0.1) is 88.8 Å². The van der Waals surface area contributed by atoms with Crippen LogP contribution in [0.3, 0.4) is 0 Å². The maximum atomic E-state index is 14.8. The summed E-state index contributed by atoms with van der Waals surface area (Å²) in [6.45, 7) is 13.2. The summed E-state index contributed by atoms with van der Waals surface area (Å²) in [5, 5.41) is 23.8. The Labute approximate surface area is 451 Å². The lowest BCUT2D eigenvalue weighted by atomic mass is 9.89. The molecule has 3 fully saturated rings. The second kappa shape index (κ2) is 28.0. The monoisotopic (exact) mass is 1080 g/mol. The van der Waals surface area contributed by atoms with E-state index in [2.05, 4.69) is 27.9 Å². The molecule has 77 heavy (non-hydrogen) atoms. The molecule has 1 aromatic heterocycles. The summed E-state index contributed by atoms with van der Waals surface area (Å²) < 4.78 is 25.0. The van der Waals surface area contributed by atoms with Crippen LogP contribution in [0.25, 0.3) is 0 Å². The number of aliphatic carboxylic acids is 1. The van der Waals surface area contributed by atoms with E-state index in [0.717, 1.165) is 23.3 Å². The van der Waals surface area contributed by atoms with Gasteiger partial charge in [0.1, 0.15) is 23.8 Å². The van der Waals surface area contributed by atoms with Gasteiger partial charge in [-0.3, -0.25) is 38.5 Å². The van der Waals surface area contributed by atoms with Crippen LogP contribution in [-0.4, -0.2) is 190 Å². The van der Waals surface area contributed by atoms with E-state index in [1.807, 2.05) is 33.8 Å². The van der Waals surface area contributed by atoms with Crippen molar-refractivity contribution >= 4 is 47.3 Å². The number of ether oxygens (including phenoxy) is 4. The van der Waals surface area contributed by atoms with Crippen molar-refractivity contribution in [3.05, 3.63) is 59.9 Å². The normalized spacial score (nSPS) is 22.7. The standard InChI is InChI=1S/C55H81N9O13/c1-10-34(4)49(43(74-8)30-47(68)62-23-14-17-42(62)51(75-9)36(6)52(69)56-40(55(72)73)29-37-15-12-11-13-16-37)60(7)54(71)48(33(2)3)57-53(70)50-39-18-19-41(35(39)5)64(50)46(67)22-25-76-27-28-77-26-24-61-31-38(58-59-61)32-63-44(65)20-21-45(63)66/h11-13,15-16,20-21,31,33-36,39-43,48-51H,10,14,17-19,22-30,32H2,1-9H3,(H,56,69)(H,57,70)(H,72,73)/t34-,35-,36+,39-,40-,41-,42-,43+,48-,49-,50-,51+/m0/s1. The minimum atomic E-state index is -1.16. The fraction of sp³-hybridized carbons (Fsp3) is 0.673. The molecule has 3 aliphatic heterocycles. The molecular weight excluding hydrogens is 995 g/mol. The van der Waals surface area contributed by atoms with E-state index in [0.29, 0.717) is 44.7 Å². The maximum Gasteiger partial charge on any atom is 0.326 e. The molecule has 12 atom stereocenters. The second-order valence-electron chi connectivity index (χ2n) is 21.4. The molecule has 2 bridgehead atoms. The zero-order chi connectivity index (χ0) is 56.1. The van der Waals surface area contributed by atoms with Gasteiger partial charge in [-0.05, 0) is 54.9 Å². The predicted molar refractivity (Wildman–Crippen MR) is 280 cm³/mol. The Bertz CT molecular complexity index is 2380. The highest BCUT2D eigenvalue weighted by Crippen LogP contribution is 2.47. The predicted octanol–water partition coefficient (Wildman–Crippen LogP) is 2.63. The van der Waals surface area contributed by atoms with Crippen molar-refractivity contribution in [2.45, 2.75) is 154 Å². The molecule has 2 aromatic rings. The van der Waals surface area contributed by atoms with E-state index < -0.39 is 72.0 Å². The average Bonchev–Trinajstić information content (AvgIpc) is 4.30. The van der Waals surface area contributed by atoms with E-state index in [-0.39, 0.29) is 99.0 Å². The Hall–Kier alpha value is -6.10. The Balaban J connectivity index is 1.02. The van der Waals surface area contributed by atoms with Gasteiger partial charge in [0, 0.05) is 52.4 Å². The van der Waals surface area contributed by atoms with E-state index in [4.69, 9.17) is 18.9 Å². The topological polar surface area (TPSA) is 261 Å². The smallest absolute Gasteiger partial charge is 0.326 e. The van der Waals surface area contributed by atoms with Gasteiger partial charge in [-0.2, -0.15) is 0 Å². The number of likely N-dealkylation sites (N-methyl/N-ethyl adjacent to an activating group) is 1. The molecule has 0 radical (unpaired) electrons. The number of benzene rings is 1. The third-order valence-corrected chi connectivity index (χ3v) is 16.2. The molecule has 7 amide bonds. The number of hydrogen-bond donors (Lipinski definition) is 3. The Morgan fingerprint density at radius 1 is 0.883 bits per heavy atom. The minimum absolute atomic E-state index is 0.0293. The Kier molecular flexibility index (Phi) is 21.9. The molecular formula is C55H81N9O13. The lowest BCUT2D eigenvalue weighted by Crippen LogP contribution is -2.60. The van der Waals surface area contributed by atoms with Crippen molar-refractivity contribution in [1.29, 1.82) is 0 Å². The van der Waals surface area contributed by atoms with Crippen molar-refractivity contribution in [2.75, 3.05) is 54.2 Å². The second-order valence-corrected chi connectivity index (χ2v) is 21.4. The molecule has 4 heterocycles. The van der Waals surface area contributed by atoms with Gasteiger partial charge in [0.25, 0.3) is 11.8 Å². The number of amides is 7. The number of fused-ring (bicyclic) bond motifs is 2. The Morgan fingerprint density at radius 2 is 1.57 bits per heavy atom. The van der Waals surface area contributed by atoms with E-state index in [1.165, 1.54) is 26.4 Å². The first-order chi connectivity index (χ1) is 36.8. The number of carboxylic acid groups (broad SMARTS) is 1. The first-order valence-corrected chi connectivity index (χ1v) is 27.2.